The van der Waals surface area contributed by atoms with Crippen molar-refractivity contribution in [2.75, 3.05) is 0 Å². The molecule has 0 aliphatic rings. The van der Waals surface area contributed by atoms with E-state index in [0.717, 1.165) is 23.5 Å². The molecular formula is C13H7BrClF3OS. The number of alkyl halides is 3. The molecule has 0 aliphatic heterocycles. The number of carbonyl (C=O) groups is 1. The summed E-state index contributed by atoms with van der Waals surface area (Å²) in [5.74, 6) is -0.178. The first-order chi connectivity index (χ1) is 9.27. The van der Waals surface area contributed by atoms with Crippen molar-refractivity contribution in [2.45, 2.75) is 12.6 Å². The molecule has 0 saturated carbocycles. The fourth-order valence-corrected chi connectivity index (χ4v) is 3.21. The lowest BCUT2D eigenvalue weighted by Crippen LogP contribution is -2.06. The molecule has 7 heteroatoms. The van der Waals surface area contributed by atoms with Gasteiger partial charge < -0.3 is 0 Å². The molecule has 0 unspecified atom stereocenters. The van der Waals surface area contributed by atoms with E-state index in [1.807, 2.05) is 0 Å². The summed E-state index contributed by atoms with van der Waals surface area (Å²) < 4.78 is 38.3. The lowest BCUT2D eigenvalue weighted by atomic mass is 10.1. The van der Waals surface area contributed by atoms with Gasteiger partial charge >= 0.3 is 6.18 Å². The third-order valence-corrected chi connectivity index (χ3v) is 5.08. The minimum absolute atomic E-state index is 0.0431. The van der Waals surface area contributed by atoms with Crippen LogP contribution in [0.5, 0.6) is 0 Å². The maximum absolute atomic E-state index is 12.4. The van der Waals surface area contributed by atoms with E-state index in [-0.39, 0.29) is 12.2 Å². The molecule has 0 bridgehead atoms. The van der Waals surface area contributed by atoms with E-state index in [0.29, 0.717) is 19.2 Å². The molecule has 0 atom stereocenters. The predicted octanol–water partition coefficient (Wildman–Crippen LogP) is 5.61. The third kappa shape index (κ3) is 3.62. The standard InChI is InChI=1S/C13H7BrClF3OS/c14-9-6-11(20-12(9)15)10(19)5-7-1-3-8(4-2-7)13(16,17)18/h1-4,6H,5H2. The number of ketones is 1. The molecule has 1 nitrogen and oxygen atoms in total. The van der Waals surface area contributed by atoms with Crippen LogP contribution in [0.25, 0.3) is 0 Å². The average molecular weight is 384 g/mol. The van der Waals surface area contributed by atoms with Crippen LogP contribution in [0, 0.1) is 0 Å². The highest BCUT2D eigenvalue weighted by atomic mass is 79.9. The zero-order valence-electron chi connectivity index (χ0n) is 9.80. The van der Waals surface area contributed by atoms with E-state index in [2.05, 4.69) is 15.9 Å². The van der Waals surface area contributed by atoms with Gasteiger partial charge in [-0.1, -0.05) is 23.7 Å². The SMILES string of the molecule is O=C(Cc1ccc(C(F)(F)F)cc1)c1cc(Br)c(Cl)s1. The number of Topliss-reactive ketones (excluding diaryl/α,β-unsaturated/α-hetero) is 1. The van der Waals surface area contributed by atoms with Gasteiger partial charge in [-0.2, -0.15) is 13.2 Å². The highest BCUT2D eigenvalue weighted by Crippen LogP contribution is 2.33. The minimum atomic E-state index is -4.37. The Kier molecular flexibility index (Phi) is 4.56. The van der Waals surface area contributed by atoms with Crippen LogP contribution in [0.2, 0.25) is 4.34 Å². The van der Waals surface area contributed by atoms with Crippen molar-refractivity contribution < 1.29 is 18.0 Å². The van der Waals surface area contributed by atoms with E-state index >= 15 is 0 Å². The molecule has 0 saturated heterocycles. The van der Waals surface area contributed by atoms with Crippen molar-refractivity contribution in [3.63, 3.8) is 0 Å². The Hall–Kier alpha value is -0.850. The van der Waals surface area contributed by atoms with Gasteiger partial charge in [0.25, 0.3) is 0 Å². The van der Waals surface area contributed by atoms with E-state index in [1.54, 1.807) is 6.07 Å². The smallest absolute Gasteiger partial charge is 0.293 e. The highest BCUT2D eigenvalue weighted by molar-refractivity contribution is 9.10. The van der Waals surface area contributed by atoms with Crippen LogP contribution in [0.15, 0.2) is 34.8 Å². The highest BCUT2D eigenvalue weighted by Gasteiger charge is 2.30. The average Bonchev–Trinajstić information content (AvgIpc) is 2.69. The van der Waals surface area contributed by atoms with Crippen LogP contribution in [-0.4, -0.2) is 5.78 Å². The Morgan fingerprint density at radius 2 is 1.85 bits per heavy atom. The van der Waals surface area contributed by atoms with Crippen molar-refractivity contribution in [3.05, 3.63) is 55.1 Å². The Balaban J connectivity index is 2.12. The molecule has 1 heterocycles. The van der Waals surface area contributed by atoms with Crippen LogP contribution in [0.3, 0.4) is 0 Å². The summed E-state index contributed by atoms with van der Waals surface area (Å²) in [7, 11) is 0. The summed E-state index contributed by atoms with van der Waals surface area (Å²) >= 11 is 10.2. The molecule has 0 aliphatic carbocycles. The molecule has 0 amide bonds. The van der Waals surface area contributed by atoms with E-state index < -0.39 is 11.7 Å². The molecule has 1 aromatic heterocycles. The molecule has 0 radical (unpaired) electrons. The van der Waals surface area contributed by atoms with Crippen LogP contribution in [0.4, 0.5) is 13.2 Å². The van der Waals surface area contributed by atoms with Gasteiger partial charge in [-0.25, -0.2) is 0 Å². The predicted molar refractivity (Wildman–Crippen MR) is 76.5 cm³/mol. The number of thiophene rings is 1. The van der Waals surface area contributed by atoms with E-state index in [1.165, 1.54) is 12.1 Å². The number of hydrogen-bond donors (Lipinski definition) is 0. The van der Waals surface area contributed by atoms with Crippen LogP contribution in [0.1, 0.15) is 20.8 Å². The lowest BCUT2D eigenvalue weighted by molar-refractivity contribution is -0.137. The fourth-order valence-electron chi connectivity index (χ4n) is 1.57. The monoisotopic (exact) mass is 382 g/mol. The zero-order valence-corrected chi connectivity index (χ0v) is 13.0. The van der Waals surface area contributed by atoms with Crippen molar-refractivity contribution in [3.8, 4) is 0 Å². The molecule has 106 valence electrons. The van der Waals surface area contributed by atoms with Crippen molar-refractivity contribution in [1.29, 1.82) is 0 Å². The van der Waals surface area contributed by atoms with Gasteiger partial charge in [0.1, 0.15) is 4.34 Å². The number of benzene rings is 1. The van der Waals surface area contributed by atoms with Gasteiger partial charge in [-0.05, 0) is 39.7 Å². The van der Waals surface area contributed by atoms with Crippen molar-refractivity contribution in [1.82, 2.24) is 0 Å². The maximum Gasteiger partial charge on any atom is 0.416 e. The van der Waals surface area contributed by atoms with Gasteiger partial charge in [0.05, 0.1) is 10.4 Å². The Bertz CT molecular complexity index is 615. The van der Waals surface area contributed by atoms with Crippen LogP contribution in [-0.2, 0) is 12.6 Å². The normalized spacial score (nSPS) is 11.7. The molecule has 2 aromatic rings. The number of halogens is 5. The Morgan fingerprint density at radius 3 is 2.30 bits per heavy atom. The topological polar surface area (TPSA) is 17.1 Å². The van der Waals surface area contributed by atoms with Gasteiger partial charge in [0.2, 0.25) is 0 Å². The van der Waals surface area contributed by atoms with Gasteiger partial charge in [0.15, 0.2) is 5.78 Å². The van der Waals surface area contributed by atoms with Gasteiger partial charge in [-0.3, -0.25) is 4.79 Å². The molecule has 0 N–H and O–H groups in total. The summed E-state index contributed by atoms with van der Waals surface area (Å²) in [6.45, 7) is 0. The van der Waals surface area contributed by atoms with Crippen molar-refractivity contribution in [2.24, 2.45) is 0 Å². The van der Waals surface area contributed by atoms with E-state index in [9.17, 15) is 18.0 Å². The van der Waals surface area contributed by atoms with Crippen LogP contribution < -0.4 is 0 Å². The van der Waals surface area contributed by atoms with Gasteiger partial charge in [-0.15, -0.1) is 11.3 Å². The van der Waals surface area contributed by atoms with Crippen LogP contribution >= 0.6 is 38.9 Å². The molecular weight excluding hydrogens is 377 g/mol. The minimum Gasteiger partial charge on any atom is -0.293 e. The molecule has 0 fully saturated rings. The number of hydrogen-bond acceptors (Lipinski definition) is 2. The Morgan fingerprint density at radius 1 is 1.25 bits per heavy atom. The quantitative estimate of drug-likeness (QED) is 0.630. The third-order valence-electron chi connectivity index (χ3n) is 2.57. The first kappa shape index (κ1) is 15.5. The second kappa shape index (κ2) is 5.87. The summed E-state index contributed by atoms with van der Waals surface area (Å²) in [6, 6.07) is 6.18. The summed E-state index contributed by atoms with van der Waals surface area (Å²) in [5, 5.41) is 0. The van der Waals surface area contributed by atoms with E-state index in [4.69, 9.17) is 11.6 Å². The largest absolute Gasteiger partial charge is 0.416 e. The molecule has 0 spiro atoms. The maximum atomic E-state index is 12.4. The number of carbonyl (C=O) groups excluding carboxylic acids is 1. The lowest BCUT2D eigenvalue weighted by Gasteiger charge is -2.07. The first-order valence-electron chi connectivity index (χ1n) is 5.41. The second-order valence-corrected chi connectivity index (χ2v) is 6.54. The first-order valence-corrected chi connectivity index (χ1v) is 7.40. The zero-order chi connectivity index (χ0) is 14.9. The summed E-state index contributed by atoms with van der Waals surface area (Å²) in [6.07, 6.45) is -4.32. The second-order valence-electron chi connectivity index (χ2n) is 4.03. The van der Waals surface area contributed by atoms with Crippen molar-refractivity contribution >= 4 is 44.7 Å². The Labute approximate surface area is 130 Å². The van der Waals surface area contributed by atoms with Gasteiger partial charge in [0, 0.05) is 10.9 Å². The molecule has 1 aromatic carbocycles. The summed E-state index contributed by atoms with van der Waals surface area (Å²) in [5.41, 5.74) is -0.195. The summed E-state index contributed by atoms with van der Waals surface area (Å²) in [4.78, 5) is 12.4. The molecule has 20 heavy (non-hydrogen) atoms. The fraction of sp³-hybridized carbons (Fsp3) is 0.154. The molecule has 2 rings (SSSR count). The number of rotatable bonds is 3.